The van der Waals surface area contributed by atoms with Gasteiger partial charge in [0.15, 0.2) is 25.2 Å². The van der Waals surface area contributed by atoms with E-state index in [1.807, 2.05) is 0 Å². The van der Waals surface area contributed by atoms with Gasteiger partial charge >= 0.3 is 10.4 Å². The molecule has 4 fully saturated rings. The molecule has 0 spiro atoms. The number of aliphatic hydroxyl groups is 9. The van der Waals surface area contributed by atoms with Crippen LogP contribution in [-0.2, 0) is 66.9 Å². The summed E-state index contributed by atoms with van der Waals surface area (Å²) in [5, 5.41) is 109. The maximum atomic E-state index is 13.3. The van der Waals surface area contributed by atoms with Crippen molar-refractivity contribution in [2.24, 2.45) is 0 Å². The molecule has 4 heterocycles. The van der Waals surface area contributed by atoms with Gasteiger partial charge in [0.05, 0.1) is 26.4 Å². The SMILES string of the molecule is CCCCCC/C=C\CCCCCCCC(=O)N[C@@H]1C(O[C@@H]2C(CO)O[C@@H](O[C@@H]3C(CO)O[C@@H](O[C@@H]4C(COS(=O)(=O)O)O[C@@H](O)C(NC(C)=O)C4O)C(NC(C)=O)C3O)C(NC(C)=O)C2O)OC(CO)[C@@H](O)C1O. The summed E-state index contributed by atoms with van der Waals surface area (Å²) in [7, 11) is -5.15. The van der Waals surface area contributed by atoms with Gasteiger partial charge in [0.25, 0.3) is 0 Å². The lowest BCUT2D eigenvalue weighted by Gasteiger charge is -2.51. The van der Waals surface area contributed by atoms with Gasteiger partial charge in [-0.2, -0.15) is 8.42 Å². The van der Waals surface area contributed by atoms with Crippen LogP contribution < -0.4 is 21.3 Å². The van der Waals surface area contributed by atoms with Crippen LogP contribution in [0.4, 0.5) is 0 Å². The number of ether oxygens (including phenoxy) is 7. The van der Waals surface area contributed by atoms with Crippen molar-refractivity contribution in [1.82, 2.24) is 21.3 Å². The first-order valence-corrected chi connectivity index (χ1v) is 26.8. The zero-order chi connectivity index (χ0) is 55.6. The van der Waals surface area contributed by atoms with E-state index in [1.165, 1.54) is 25.7 Å². The van der Waals surface area contributed by atoms with Crippen LogP contribution in [0.5, 0.6) is 0 Å². The van der Waals surface area contributed by atoms with E-state index in [4.69, 9.17) is 33.2 Å². The first kappa shape index (κ1) is 64.4. The summed E-state index contributed by atoms with van der Waals surface area (Å²) in [5.74, 6) is -2.91. The summed E-state index contributed by atoms with van der Waals surface area (Å²) in [4.78, 5) is 50.5. The van der Waals surface area contributed by atoms with E-state index in [0.717, 1.165) is 59.3 Å². The van der Waals surface area contributed by atoms with E-state index >= 15 is 0 Å². The molecule has 4 aliphatic heterocycles. The average molecular weight is 1110 g/mol. The number of nitrogens with one attached hydrogen (secondary N) is 4. The Bertz CT molecular complexity index is 1910. The van der Waals surface area contributed by atoms with Crippen LogP contribution in [0.2, 0.25) is 0 Å². The number of allylic oxidation sites excluding steroid dienone is 2. The van der Waals surface area contributed by atoms with E-state index in [1.54, 1.807) is 0 Å². The number of rotatable bonds is 29. The first-order valence-electron chi connectivity index (χ1n) is 25.4. The van der Waals surface area contributed by atoms with Crippen LogP contribution in [-0.4, -0.2) is 232 Å². The zero-order valence-electron chi connectivity index (χ0n) is 42.6. The van der Waals surface area contributed by atoms with Crippen LogP contribution in [0.15, 0.2) is 12.2 Å². The minimum Gasteiger partial charge on any atom is -0.394 e. The first-order chi connectivity index (χ1) is 35.5. The van der Waals surface area contributed by atoms with Crippen molar-refractivity contribution in [3.05, 3.63) is 12.2 Å². The monoisotopic (exact) mass is 1100 g/mol. The summed E-state index contributed by atoms with van der Waals surface area (Å²) in [6.07, 6.45) is -13.5. The van der Waals surface area contributed by atoms with Crippen molar-refractivity contribution in [3.8, 4) is 0 Å². The number of carbonyl (C=O) groups excluding carboxylic acids is 4. The number of unbranched alkanes of at least 4 members (excludes halogenated alkanes) is 9. The van der Waals surface area contributed by atoms with Crippen LogP contribution in [0, 0.1) is 0 Å². The van der Waals surface area contributed by atoms with Gasteiger partial charge in [-0.05, 0) is 32.1 Å². The molecule has 4 aliphatic rings. The van der Waals surface area contributed by atoms with Crippen molar-refractivity contribution in [1.29, 1.82) is 0 Å². The normalized spacial score (nSPS) is 36.5. The molecule has 434 valence electrons. The third kappa shape index (κ3) is 19.3. The molecule has 4 amide bonds. The quantitative estimate of drug-likeness (QED) is 0.0192. The van der Waals surface area contributed by atoms with Gasteiger partial charge in [-0.1, -0.05) is 57.6 Å². The standard InChI is InChI=1S/C46H80N4O24S/c1-5-6-7-8-9-10-11-12-13-14-15-16-17-18-30(57)50-32-36(59)35(58)26(19-51)69-44(32)72-40-27(20-52)70-45(33(38(40)61)48-24(3)55)73-41-28(21-53)71-46(34(39(41)62)49-25(4)56)74-42-29(22-67-75(64,65)66)68-43(63)31(37(42)60)47-23(2)54/h10-11,26-29,31-46,51-53,58-63H,5-9,12-22H2,1-4H3,(H,47,54)(H,48,55)(H,49,56)(H,50,57)(H,64,65,66)/b11-10-/t26?,27?,28?,29?,31?,32-,33?,34?,35+,36?,37?,38?,39?,40+,41+,42+,43+,44?,45-,46-/m0/s1. The second-order valence-corrected chi connectivity index (χ2v) is 20.2. The van der Waals surface area contributed by atoms with Crippen LogP contribution in [0.3, 0.4) is 0 Å². The van der Waals surface area contributed by atoms with Gasteiger partial charge in [0.1, 0.15) is 97.4 Å². The summed E-state index contributed by atoms with van der Waals surface area (Å²) >= 11 is 0. The molecule has 14 N–H and O–H groups in total. The Morgan fingerprint density at radius 1 is 0.507 bits per heavy atom. The molecule has 12 unspecified atom stereocenters. The van der Waals surface area contributed by atoms with Crippen molar-refractivity contribution in [2.45, 2.75) is 227 Å². The second-order valence-electron chi connectivity index (χ2n) is 19.1. The van der Waals surface area contributed by atoms with Gasteiger partial charge in [-0.25, -0.2) is 4.18 Å². The smallest absolute Gasteiger partial charge is 0.394 e. The van der Waals surface area contributed by atoms with Gasteiger partial charge in [0, 0.05) is 27.2 Å². The second kappa shape index (κ2) is 31.4. The van der Waals surface area contributed by atoms with Crippen molar-refractivity contribution in [2.75, 3.05) is 26.4 Å². The third-order valence-electron chi connectivity index (χ3n) is 13.1. The minimum absolute atomic E-state index is 0.0269. The molecule has 0 bridgehead atoms. The fraction of sp³-hybridized carbons (Fsp3) is 0.870. The highest BCUT2D eigenvalue weighted by molar-refractivity contribution is 7.80. The third-order valence-corrected chi connectivity index (χ3v) is 13.6. The van der Waals surface area contributed by atoms with Crippen molar-refractivity contribution >= 4 is 34.0 Å². The molecule has 0 aromatic rings. The highest BCUT2D eigenvalue weighted by Crippen LogP contribution is 2.35. The minimum atomic E-state index is -5.15. The Kier molecular flexibility index (Phi) is 27.0. The van der Waals surface area contributed by atoms with Gasteiger partial charge in [-0.15, -0.1) is 0 Å². The van der Waals surface area contributed by atoms with Crippen LogP contribution in [0.25, 0.3) is 0 Å². The van der Waals surface area contributed by atoms with E-state index < -0.39 is 183 Å². The predicted molar refractivity (Wildman–Crippen MR) is 255 cm³/mol. The molecule has 4 saturated heterocycles. The maximum absolute atomic E-state index is 13.3. The summed E-state index contributed by atoms with van der Waals surface area (Å²) in [6, 6.07) is -6.58. The summed E-state index contributed by atoms with van der Waals surface area (Å²) < 4.78 is 77.9. The fourth-order valence-electron chi connectivity index (χ4n) is 9.34. The van der Waals surface area contributed by atoms with E-state index in [0.29, 0.717) is 6.42 Å². The van der Waals surface area contributed by atoms with Gasteiger partial charge in [0.2, 0.25) is 23.6 Å². The molecule has 0 aromatic heterocycles. The van der Waals surface area contributed by atoms with E-state index in [-0.39, 0.29) is 6.42 Å². The topological polar surface area (TPSA) is 427 Å². The van der Waals surface area contributed by atoms with Gasteiger partial charge in [-0.3, -0.25) is 23.7 Å². The maximum Gasteiger partial charge on any atom is 0.397 e. The molecule has 75 heavy (non-hydrogen) atoms. The van der Waals surface area contributed by atoms with E-state index in [9.17, 15) is 78.1 Å². The van der Waals surface area contributed by atoms with Crippen LogP contribution >= 0.6 is 0 Å². The number of carbonyl (C=O) groups is 4. The Morgan fingerprint density at radius 3 is 1.36 bits per heavy atom. The van der Waals surface area contributed by atoms with Gasteiger partial charge < -0.3 is 100 Å². The highest BCUT2D eigenvalue weighted by Gasteiger charge is 2.56. The summed E-state index contributed by atoms with van der Waals surface area (Å²) in [6.45, 7) is 1.40. The lowest BCUT2D eigenvalue weighted by molar-refractivity contribution is -0.361. The molecule has 28 nitrogen and oxygen atoms in total. The number of amides is 4. The fourth-order valence-corrected chi connectivity index (χ4v) is 9.64. The molecule has 4 rings (SSSR count). The Labute approximate surface area is 435 Å². The zero-order valence-corrected chi connectivity index (χ0v) is 43.4. The molecule has 0 saturated carbocycles. The lowest BCUT2D eigenvalue weighted by atomic mass is 9.93. The molecule has 0 aliphatic carbocycles. The number of hydrogen-bond acceptors (Lipinski definition) is 23. The average Bonchev–Trinajstić information content (AvgIpc) is 3.34. The lowest BCUT2D eigenvalue weighted by Crippen LogP contribution is -2.71. The van der Waals surface area contributed by atoms with E-state index in [2.05, 4.69) is 44.5 Å². The Balaban J connectivity index is 1.50. The van der Waals surface area contributed by atoms with Crippen molar-refractivity contribution in [3.63, 3.8) is 0 Å². The number of aliphatic hydroxyl groups excluding tert-OH is 9. The molecular formula is C46H80N4O24S. The highest BCUT2D eigenvalue weighted by atomic mass is 32.3. The molecule has 20 atom stereocenters. The Hall–Kier alpha value is -3.15. The Morgan fingerprint density at radius 2 is 0.907 bits per heavy atom. The molecular weight excluding hydrogens is 1020 g/mol. The largest absolute Gasteiger partial charge is 0.397 e. The van der Waals surface area contributed by atoms with Crippen LogP contribution in [0.1, 0.15) is 105 Å². The molecule has 29 heteroatoms. The molecule has 0 radical (unpaired) electrons. The van der Waals surface area contributed by atoms with Crippen molar-refractivity contribution < 1.29 is 115 Å². The predicted octanol–water partition coefficient (Wildman–Crippen LogP) is -4.11. The summed E-state index contributed by atoms with van der Waals surface area (Å²) in [5.41, 5.74) is 0. The molecule has 0 aromatic carbocycles. The number of hydrogen-bond donors (Lipinski definition) is 14.